The molecule has 4 rings (SSSR count). The molecular weight excluding hydrogens is 416 g/mol. The zero-order chi connectivity index (χ0) is 24.7. The van der Waals surface area contributed by atoms with E-state index in [2.05, 4.69) is 61.8 Å². The number of hydrogen-bond donors (Lipinski definition) is 1. The fourth-order valence-corrected chi connectivity index (χ4v) is 5.28. The number of benzene rings is 2. The maximum absolute atomic E-state index is 6.54. The summed E-state index contributed by atoms with van der Waals surface area (Å²) >= 11 is 0. The van der Waals surface area contributed by atoms with Gasteiger partial charge in [0.15, 0.2) is 0 Å². The Morgan fingerprint density at radius 3 is 2.68 bits per heavy atom. The van der Waals surface area contributed by atoms with Gasteiger partial charge in [0.25, 0.3) is 0 Å². The molecule has 0 bridgehead atoms. The lowest BCUT2D eigenvalue weighted by atomic mass is 9.71. The lowest BCUT2D eigenvalue weighted by molar-refractivity contribution is -0.0138. The van der Waals surface area contributed by atoms with E-state index in [1.165, 1.54) is 27.8 Å². The zero-order valence-electron chi connectivity index (χ0n) is 21.5. The molecule has 0 aliphatic heterocycles. The van der Waals surface area contributed by atoms with Crippen LogP contribution in [-0.2, 0) is 17.8 Å². The average molecular weight is 457 g/mol. The van der Waals surface area contributed by atoms with Crippen molar-refractivity contribution in [3.05, 3.63) is 100 Å². The Labute approximate surface area is 206 Å². The predicted octanol–water partition coefficient (Wildman–Crippen LogP) is 7.21. The standard InChI is InChI=1S/C29H34N2O.C2H6/c1-20-8-7-9-22(14-20)15-24-16-26-12-13-28(29(26,3)17-25(24)18-31-4)32-19-23-10-5-6-11-27(23)21(2)30;1-2/h5-11,14,16,18,28H,2,12-13,15,17,19,30H2,1,3-4H3;1-2H3. The number of rotatable bonds is 7. The maximum atomic E-state index is 6.54. The molecule has 2 unspecified atom stereocenters. The fraction of sp³-hybridized carbons (Fsp3) is 0.387. The third-order valence-corrected chi connectivity index (χ3v) is 7.00. The molecule has 1 fully saturated rings. The van der Waals surface area contributed by atoms with Crippen molar-refractivity contribution in [2.75, 3.05) is 7.05 Å². The number of allylic oxidation sites excluding steroid dienone is 3. The summed E-state index contributed by atoms with van der Waals surface area (Å²) in [5, 5.41) is 0. The van der Waals surface area contributed by atoms with E-state index in [-0.39, 0.29) is 11.5 Å². The van der Waals surface area contributed by atoms with Gasteiger partial charge in [0.1, 0.15) is 0 Å². The minimum Gasteiger partial charge on any atom is -0.399 e. The summed E-state index contributed by atoms with van der Waals surface area (Å²) in [6, 6.07) is 16.9. The zero-order valence-corrected chi connectivity index (χ0v) is 21.5. The Hall–Kier alpha value is -2.91. The minimum atomic E-state index is 0.00128. The van der Waals surface area contributed by atoms with E-state index in [0.717, 1.165) is 36.8 Å². The van der Waals surface area contributed by atoms with Crippen molar-refractivity contribution in [2.24, 2.45) is 16.1 Å². The number of aryl methyl sites for hydroxylation is 1. The van der Waals surface area contributed by atoms with Crippen molar-refractivity contribution in [3.8, 4) is 0 Å². The third-order valence-electron chi connectivity index (χ3n) is 7.00. The van der Waals surface area contributed by atoms with Gasteiger partial charge < -0.3 is 10.5 Å². The number of ether oxygens (including phenoxy) is 1. The molecule has 2 aliphatic rings. The van der Waals surface area contributed by atoms with Crippen molar-refractivity contribution in [1.29, 1.82) is 0 Å². The second kappa shape index (κ2) is 11.5. The molecule has 2 aromatic rings. The molecule has 2 aromatic carbocycles. The Balaban J connectivity index is 0.00000158. The van der Waals surface area contributed by atoms with E-state index < -0.39 is 0 Å². The smallest absolute Gasteiger partial charge is 0.0727 e. The van der Waals surface area contributed by atoms with Gasteiger partial charge in [-0.1, -0.05) is 93.1 Å². The number of hydrogen-bond acceptors (Lipinski definition) is 3. The quantitative estimate of drug-likeness (QED) is 0.448. The first kappa shape index (κ1) is 25.7. The number of fused-ring (bicyclic) bond motifs is 1. The van der Waals surface area contributed by atoms with E-state index in [1.54, 1.807) is 0 Å². The van der Waals surface area contributed by atoms with Gasteiger partial charge in [0, 0.05) is 29.9 Å². The van der Waals surface area contributed by atoms with Crippen LogP contribution in [0, 0.1) is 12.3 Å². The topological polar surface area (TPSA) is 47.6 Å². The number of aliphatic imine (C=N–C) groups is 1. The number of nitrogens with zero attached hydrogens (tertiary/aromatic N) is 1. The SMILES string of the molecule is C=C(N)c1ccccc1COC1CCC2=CC(Cc3cccc(C)c3)=C(C=NC)CC21C.CC. The lowest BCUT2D eigenvalue weighted by Gasteiger charge is -2.37. The first-order chi connectivity index (χ1) is 16.4. The maximum Gasteiger partial charge on any atom is 0.0727 e. The largest absolute Gasteiger partial charge is 0.399 e. The predicted molar refractivity (Wildman–Crippen MR) is 146 cm³/mol. The molecule has 0 heterocycles. The van der Waals surface area contributed by atoms with Crippen LogP contribution in [0.3, 0.4) is 0 Å². The van der Waals surface area contributed by atoms with Crippen LogP contribution in [0.4, 0.5) is 0 Å². The van der Waals surface area contributed by atoms with Gasteiger partial charge in [-0.3, -0.25) is 4.99 Å². The van der Waals surface area contributed by atoms with E-state index in [9.17, 15) is 0 Å². The molecule has 180 valence electrons. The monoisotopic (exact) mass is 456 g/mol. The molecule has 0 spiro atoms. The van der Waals surface area contributed by atoms with Crippen molar-refractivity contribution < 1.29 is 4.74 Å². The van der Waals surface area contributed by atoms with Gasteiger partial charge in [-0.15, -0.1) is 0 Å². The normalized spacial score (nSPS) is 21.7. The van der Waals surface area contributed by atoms with Crippen LogP contribution >= 0.6 is 0 Å². The molecule has 34 heavy (non-hydrogen) atoms. The van der Waals surface area contributed by atoms with Gasteiger partial charge >= 0.3 is 0 Å². The molecule has 0 amide bonds. The molecule has 0 saturated heterocycles. The minimum absolute atomic E-state index is 0.00128. The molecule has 2 atom stereocenters. The van der Waals surface area contributed by atoms with E-state index >= 15 is 0 Å². The molecule has 1 saturated carbocycles. The van der Waals surface area contributed by atoms with Gasteiger partial charge in [-0.05, 0) is 54.9 Å². The summed E-state index contributed by atoms with van der Waals surface area (Å²) in [5.74, 6) is 0. The average Bonchev–Trinajstić information content (AvgIpc) is 3.14. The lowest BCUT2D eigenvalue weighted by Crippen LogP contribution is -2.33. The van der Waals surface area contributed by atoms with Crippen LogP contribution in [0.2, 0.25) is 0 Å². The van der Waals surface area contributed by atoms with Gasteiger partial charge in [-0.25, -0.2) is 0 Å². The summed E-state index contributed by atoms with van der Waals surface area (Å²) in [4.78, 5) is 4.39. The summed E-state index contributed by atoms with van der Waals surface area (Å²) in [7, 11) is 1.86. The van der Waals surface area contributed by atoms with Crippen molar-refractivity contribution in [3.63, 3.8) is 0 Å². The molecule has 0 aromatic heterocycles. The highest BCUT2D eigenvalue weighted by Gasteiger charge is 2.45. The van der Waals surface area contributed by atoms with Gasteiger partial charge in [0.2, 0.25) is 0 Å². The molecular formula is C31H40N2O. The van der Waals surface area contributed by atoms with E-state index in [0.29, 0.717) is 12.3 Å². The highest BCUT2D eigenvalue weighted by Crippen LogP contribution is 2.52. The van der Waals surface area contributed by atoms with Crippen LogP contribution in [0.15, 0.2) is 82.9 Å². The van der Waals surface area contributed by atoms with Crippen LogP contribution in [0.25, 0.3) is 5.70 Å². The van der Waals surface area contributed by atoms with Crippen molar-refractivity contribution >= 4 is 11.9 Å². The second-order valence-corrected chi connectivity index (χ2v) is 9.39. The van der Waals surface area contributed by atoms with E-state index in [1.807, 2.05) is 45.3 Å². The Kier molecular flexibility index (Phi) is 8.68. The van der Waals surface area contributed by atoms with Crippen LogP contribution in [0.5, 0.6) is 0 Å². The third kappa shape index (κ3) is 5.59. The van der Waals surface area contributed by atoms with Crippen molar-refractivity contribution in [1.82, 2.24) is 0 Å². The van der Waals surface area contributed by atoms with Gasteiger partial charge in [-0.2, -0.15) is 0 Å². The molecule has 3 nitrogen and oxygen atoms in total. The van der Waals surface area contributed by atoms with Crippen molar-refractivity contribution in [2.45, 2.75) is 66.1 Å². The highest BCUT2D eigenvalue weighted by atomic mass is 16.5. The Morgan fingerprint density at radius 2 is 1.97 bits per heavy atom. The van der Waals surface area contributed by atoms with Crippen LogP contribution < -0.4 is 5.73 Å². The fourth-order valence-electron chi connectivity index (χ4n) is 5.28. The van der Waals surface area contributed by atoms with Crippen LogP contribution in [0.1, 0.15) is 62.3 Å². The first-order valence-electron chi connectivity index (χ1n) is 12.5. The number of nitrogens with two attached hydrogens (primary N) is 1. The summed E-state index contributed by atoms with van der Waals surface area (Å²) < 4.78 is 6.54. The van der Waals surface area contributed by atoms with E-state index in [4.69, 9.17) is 10.5 Å². The Bertz CT molecular complexity index is 1110. The molecule has 2 N–H and O–H groups in total. The molecule has 3 heteroatoms. The summed E-state index contributed by atoms with van der Waals surface area (Å²) in [6.45, 7) is 13.0. The highest BCUT2D eigenvalue weighted by molar-refractivity contribution is 5.82. The molecule has 0 radical (unpaired) electrons. The second-order valence-electron chi connectivity index (χ2n) is 9.39. The summed E-state index contributed by atoms with van der Waals surface area (Å²) in [5.41, 5.74) is 15.5. The summed E-state index contributed by atoms with van der Waals surface area (Å²) in [6.07, 6.45) is 8.69. The molecule has 2 aliphatic carbocycles. The van der Waals surface area contributed by atoms with Crippen LogP contribution in [-0.4, -0.2) is 19.4 Å². The first-order valence-corrected chi connectivity index (χ1v) is 12.5. The van der Waals surface area contributed by atoms with Gasteiger partial charge in [0.05, 0.1) is 12.7 Å². The Morgan fingerprint density at radius 1 is 1.21 bits per heavy atom.